The molecule has 116 valence electrons. The van der Waals surface area contributed by atoms with E-state index < -0.39 is 15.4 Å². The van der Waals surface area contributed by atoms with Crippen LogP contribution in [0.1, 0.15) is 26.7 Å². The maximum atomic E-state index is 11.3. The van der Waals surface area contributed by atoms with Gasteiger partial charge in [-0.15, -0.1) is 0 Å². The van der Waals surface area contributed by atoms with E-state index in [1.807, 2.05) is 13.8 Å². The van der Waals surface area contributed by atoms with Gasteiger partial charge in [-0.1, -0.05) is 13.8 Å². The number of rotatable bonds is 12. The van der Waals surface area contributed by atoms with Crippen LogP contribution in [0.25, 0.3) is 0 Å². The Morgan fingerprint density at radius 2 is 1.53 bits per heavy atom. The highest BCUT2D eigenvalue weighted by Gasteiger charge is 2.31. The van der Waals surface area contributed by atoms with Gasteiger partial charge in [-0.05, 0) is 12.8 Å². The van der Waals surface area contributed by atoms with E-state index >= 15 is 0 Å². The van der Waals surface area contributed by atoms with E-state index in [4.69, 9.17) is 19.3 Å². The second-order valence-corrected chi connectivity index (χ2v) is 6.29. The second kappa shape index (κ2) is 9.66. The van der Waals surface area contributed by atoms with Crippen LogP contribution >= 0.6 is 0 Å². The molecule has 0 radical (unpaired) electrons. The van der Waals surface area contributed by atoms with Crippen LogP contribution < -0.4 is 5.14 Å². The Hall–Kier alpha value is -0.210. The summed E-state index contributed by atoms with van der Waals surface area (Å²) in [7, 11) is -1.87. The van der Waals surface area contributed by atoms with E-state index in [1.165, 1.54) is 0 Å². The zero-order chi connectivity index (χ0) is 14.8. The van der Waals surface area contributed by atoms with E-state index in [1.54, 1.807) is 7.11 Å². The summed E-state index contributed by atoms with van der Waals surface area (Å²) in [6.07, 6.45) is 1.43. The van der Waals surface area contributed by atoms with Gasteiger partial charge in [0, 0.05) is 12.5 Å². The van der Waals surface area contributed by atoms with Gasteiger partial charge in [0.1, 0.15) is 0 Å². The van der Waals surface area contributed by atoms with Crippen molar-refractivity contribution in [2.75, 3.05) is 45.9 Å². The molecule has 0 aliphatic carbocycles. The smallest absolute Gasteiger partial charge is 0.209 e. The summed E-state index contributed by atoms with van der Waals surface area (Å²) in [6.45, 7) is 6.28. The second-order valence-electron chi connectivity index (χ2n) is 4.67. The maximum Gasteiger partial charge on any atom is 0.209 e. The van der Waals surface area contributed by atoms with Crippen molar-refractivity contribution in [3.63, 3.8) is 0 Å². The number of nitrogens with two attached hydrogens (primary N) is 1. The number of hydrogen-bond donors (Lipinski definition) is 1. The standard InChI is InChI=1S/C12H27NO5S/c1-4-12(5-2,11-19(13,14)15)10-18-9-8-17-7-6-16-3/h4-11H2,1-3H3,(H2,13,14,15). The highest BCUT2D eigenvalue weighted by molar-refractivity contribution is 7.89. The highest BCUT2D eigenvalue weighted by Crippen LogP contribution is 2.28. The van der Waals surface area contributed by atoms with Crippen molar-refractivity contribution in [3.05, 3.63) is 0 Å². The van der Waals surface area contributed by atoms with Crippen molar-refractivity contribution in [1.29, 1.82) is 0 Å². The number of ether oxygens (including phenoxy) is 3. The molecular weight excluding hydrogens is 270 g/mol. The first-order valence-corrected chi connectivity index (χ1v) is 8.25. The van der Waals surface area contributed by atoms with E-state index in [-0.39, 0.29) is 5.75 Å². The monoisotopic (exact) mass is 297 g/mol. The molecule has 0 atom stereocenters. The molecule has 0 aliphatic rings. The number of sulfonamides is 1. The van der Waals surface area contributed by atoms with E-state index in [0.717, 1.165) is 0 Å². The first-order chi connectivity index (χ1) is 8.89. The van der Waals surface area contributed by atoms with E-state index in [2.05, 4.69) is 0 Å². The highest BCUT2D eigenvalue weighted by atomic mass is 32.2. The third-order valence-electron chi connectivity index (χ3n) is 3.22. The van der Waals surface area contributed by atoms with Gasteiger partial charge in [0.15, 0.2) is 0 Å². The molecule has 0 unspecified atom stereocenters. The minimum Gasteiger partial charge on any atom is -0.382 e. The Bertz CT molecular complexity index is 314. The molecule has 7 heteroatoms. The number of methoxy groups -OCH3 is 1. The average Bonchev–Trinajstić information content (AvgIpc) is 2.35. The van der Waals surface area contributed by atoms with Crippen LogP contribution in [0.2, 0.25) is 0 Å². The SMILES string of the molecule is CCC(CC)(COCCOCCOC)CS(N)(=O)=O. The molecule has 0 aromatic carbocycles. The summed E-state index contributed by atoms with van der Waals surface area (Å²) >= 11 is 0. The molecule has 0 fully saturated rings. The largest absolute Gasteiger partial charge is 0.382 e. The summed E-state index contributed by atoms with van der Waals surface area (Å²) in [5, 5.41) is 5.14. The van der Waals surface area contributed by atoms with Crippen LogP contribution in [0.3, 0.4) is 0 Å². The lowest BCUT2D eigenvalue weighted by atomic mass is 9.85. The Morgan fingerprint density at radius 1 is 1.00 bits per heavy atom. The molecular formula is C12H27NO5S. The predicted molar refractivity (Wildman–Crippen MR) is 74.5 cm³/mol. The molecule has 0 rings (SSSR count). The molecule has 0 heterocycles. The molecule has 0 amide bonds. The Balaban J connectivity index is 4.01. The third-order valence-corrected chi connectivity index (χ3v) is 4.23. The Labute approximate surface area is 116 Å². The maximum absolute atomic E-state index is 11.3. The summed E-state index contributed by atoms with van der Waals surface area (Å²) in [4.78, 5) is 0. The third kappa shape index (κ3) is 9.34. The summed E-state index contributed by atoms with van der Waals surface area (Å²) in [6, 6.07) is 0. The summed E-state index contributed by atoms with van der Waals surface area (Å²) < 4.78 is 38.1. The normalized spacial score (nSPS) is 12.8. The van der Waals surface area contributed by atoms with Crippen LogP contribution in [0.5, 0.6) is 0 Å². The number of hydrogen-bond acceptors (Lipinski definition) is 5. The van der Waals surface area contributed by atoms with Crippen molar-refractivity contribution in [3.8, 4) is 0 Å². The molecule has 0 aromatic rings. The van der Waals surface area contributed by atoms with Crippen molar-refractivity contribution < 1.29 is 22.6 Å². The Morgan fingerprint density at radius 3 is 2.00 bits per heavy atom. The molecule has 0 spiro atoms. The van der Waals surface area contributed by atoms with E-state index in [0.29, 0.717) is 45.9 Å². The van der Waals surface area contributed by atoms with Gasteiger partial charge in [-0.25, -0.2) is 13.6 Å². The molecule has 0 aliphatic heterocycles. The lowest BCUT2D eigenvalue weighted by Gasteiger charge is -2.30. The zero-order valence-corrected chi connectivity index (χ0v) is 13.0. The van der Waals surface area contributed by atoms with Gasteiger partial charge < -0.3 is 14.2 Å². The van der Waals surface area contributed by atoms with Crippen molar-refractivity contribution in [1.82, 2.24) is 0 Å². The van der Waals surface area contributed by atoms with Crippen molar-refractivity contribution in [2.45, 2.75) is 26.7 Å². The molecule has 0 aromatic heterocycles. The lowest BCUT2D eigenvalue weighted by Crippen LogP contribution is -2.37. The first kappa shape index (κ1) is 18.8. The number of primary sulfonamides is 1. The fourth-order valence-electron chi connectivity index (χ4n) is 1.78. The topological polar surface area (TPSA) is 87.8 Å². The quantitative estimate of drug-likeness (QED) is 0.537. The fraction of sp³-hybridized carbons (Fsp3) is 1.00. The minimum atomic E-state index is -3.49. The van der Waals surface area contributed by atoms with E-state index in [9.17, 15) is 8.42 Å². The first-order valence-electron chi connectivity index (χ1n) is 6.54. The molecule has 2 N–H and O–H groups in total. The average molecular weight is 297 g/mol. The molecule has 6 nitrogen and oxygen atoms in total. The van der Waals surface area contributed by atoms with Gasteiger partial charge in [-0.3, -0.25) is 0 Å². The Kier molecular flexibility index (Phi) is 9.55. The molecule has 0 bridgehead atoms. The van der Waals surface area contributed by atoms with Gasteiger partial charge in [0.2, 0.25) is 10.0 Å². The van der Waals surface area contributed by atoms with Gasteiger partial charge in [0.25, 0.3) is 0 Å². The predicted octanol–water partition coefficient (Wildman–Crippen LogP) is 0.761. The molecule has 0 saturated carbocycles. The van der Waals surface area contributed by atoms with Crippen LogP contribution in [-0.2, 0) is 24.2 Å². The van der Waals surface area contributed by atoms with Crippen LogP contribution in [0, 0.1) is 5.41 Å². The van der Waals surface area contributed by atoms with Gasteiger partial charge in [-0.2, -0.15) is 0 Å². The molecule has 0 saturated heterocycles. The van der Waals surface area contributed by atoms with Crippen LogP contribution in [-0.4, -0.2) is 54.3 Å². The minimum absolute atomic E-state index is 0.0441. The zero-order valence-electron chi connectivity index (χ0n) is 12.2. The fourth-order valence-corrected chi connectivity index (χ4v) is 3.12. The van der Waals surface area contributed by atoms with Crippen molar-refractivity contribution in [2.24, 2.45) is 10.6 Å². The summed E-state index contributed by atoms with van der Waals surface area (Å²) in [5.74, 6) is -0.0441. The van der Waals surface area contributed by atoms with Crippen LogP contribution in [0.15, 0.2) is 0 Å². The van der Waals surface area contributed by atoms with Crippen LogP contribution in [0.4, 0.5) is 0 Å². The van der Waals surface area contributed by atoms with Gasteiger partial charge >= 0.3 is 0 Å². The van der Waals surface area contributed by atoms with Crippen molar-refractivity contribution >= 4 is 10.0 Å². The molecule has 19 heavy (non-hydrogen) atoms. The van der Waals surface area contributed by atoms with Gasteiger partial charge in [0.05, 0.1) is 38.8 Å². The lowest BCUT2D eigenvalue weighted by molar-refractivity contribution is -0.00250. The summed E-state index contributed by atoms with van der Waals surface area (Å²) in [5.41, 5.74) is -0.403.